The number of nitrogens with two attached hydrogens (primary N) is 1. The summed E-state index contributed by atoms with van der Waals surface area (Å²) in [5.41, 5.74) is 7.82. The van der Waals surface area contributed by atoms with Crippen LogP contribution < -0.4 is 10.6 Å². The van der Waals surface area contributed by atoms with Gasteiger partial charge in [-0.3, -0.25) is 0 Å². The summed E-state index contributed by atoms with van der Waals surface area (Å²) in [5.74, 6) is -1.00. The van der Waals surface area contributed by atoms with Gasteiger partial charge in [0.2, 0.25) is 0 Å². The molecule has 0 radical (unpaired) electrons. The first-order valence-corrected chi connectivity index (χ1v) is 6.89. The molecule has 0 saturated heterocycles. The Morgan fingerprint density at radius 1 is 1.29 bits per heavy atom. The SMILES string of the molecule is CC(c1ccccc1Cl)N(C)c1ccc(N)cc1C(=O)O. The second-order valence-corrected chi connectivity index (χ2v) is 5.30. The van der Waals surface area contributed by atoms with E-state index in [1.54, 1.807) is 12.1 Å². The van der Waals surface area contributed by atoms with Crippen LogP contribution in [0.4, 0.5) is 11.4 Å². The number of aromatic carboxylic acids is 1. The van der Waals surface area contributed by atoms with Crippen molar-refractivity contribution in [1.29, 1.82) is 0 Å². The summed E-state index contributed by atoms with van der Waals surface area (Å²) < 4.78 is 0. The highest BCUT2D eigenvalue weighted by Crippen LogP contribution is 2.32. The summed E-state index contributed by atoms with van der Waals surface area (Å²) in [4.78, 5) is 13.3. The molecule has 0 heterocycles. The van der Waals surface area contributed by atoms with Crippen LogP contribution in [0.1, 0.15) is 28.9 Å². The molecule has 0 aromatic heterocycles. The van der Waals surface area contributed by atoms with E-state index >= 15 is 0 Å². The summed E-state index contributed by atoms with van der Waals surface area (Å²) in [5, 5.41) is 9.99. The van der Waals surface area contributed by atoms with Crippen LogP contribution >= 0.6 is 11.6 Å². The number of halogens is 1. The van der Waals surface area contributed by atoms with Gasteiger partial charge in [-0.2, -0.15) is 0 Å². The first-order chi connectivity index (χ1) is 9.91. The lowest BCUT2D eigenvalue weighted by Crippen LogP contribution is -2.24. The van der Waals surface area contributed by atoms with E-state index in [0.29, 0.717) is 16.4 Å². The molecule has 0 spiro atoms. The molecule has 2 rings (SSSR count). The molecule has 0 bridgehead atoms. The number of nitrogen functional groups attached to an aromatic ring is 1. The van der Waals surface area contributed by atoms with Gasteiger partial charge in [-0.15, -0.1) is 0 Å². The van der Waals surface area contributed by atoms with Gasteiger partial charge in [-0.25, -0.2) is 4.79 Å². The number of rotatable bonds is 4. The van der Waals surface area contributed by atoms with Crippen LogP contribution in [0.25, 0.3) is 0 Å². The van der Waals surface area contributed by atoms with Crippen LogP contribution in [-0.2, 0) is 0 Å². The van der Waals surface area contributed by atoms with Gasteiger partial charge in [0.05, 0.1) is 17.3 Å². The predicted molar refractivity (Wildman–Crippen MR) is 86.1 cm³/mol. The van der Waals surface area contributed by atoms with E-state index in [1.807, 2.05) is 43.1 Å². The third kappa shape index (κ3) is 3.11. The molecule has 2 aromatic carbocycles. The highest BCUT2D eigenvalue weighted by atomic mass is 35.5. The first-order valence-electron chi connectivity index (χ1n) is 6.52. The predicted octanol–water partition coefficient (Wildman–Crippen LogP) is 3.82. The summed E-state index contributed by atoms with van der Waals surface area (Å²) >= 11 is 6.22. The number of carboxylic acid groups (broad SMARTS) is 1. The second-order valence-electron chi connectivity index (χ2n) is 4.89. The zero-order valence-electron chi connectivity index (χ0n) is 11.9. The largest absolute Gasteiger partial charge is 0.478 e. The molecule has 4 nitrogen and oxygen atoms in total. The zero-order chi connectivity index (χ0) is 15.6. The highest BCUT2D eigenvalue weighted by Gasteiger charge is 2.20. The summed E-state index contributed by atoms with van der Waals surface area (Å²) in [6.45, 7) is 1.98. The molecule has 0 aliphatic heterocycles. The van der Waals surface area contributed by atoms with Crippen LogP contribution in [-0.4, -0.2) is 18.1 Å². The molecule has 21 heavy (non-hydrogen) atoms. The Morgan fingerprint density at radius 3 is 2.57 bits per heavy atom. The van der Waals surface area contributed by atoms with E-state index in [4.69, 9.17) is 17.3 Å². The van der Waals surface area contributed by atoms with Crippen molar-refractivity contribution >= 4 is 28.9 Å². The molecule has 1 atom stereocenters. The average Bonchev–Trinajstić information content (AvgIpc) is 2.46. The standard InChI is InChI=1S/C16H17ClN2O2/c1-10(12-5-3-4-6-14(12)17)19(2)15-8-7-11(18)9-13(15)16(20)21/h3-10H,18H2,1-2H3,(H,20,21). The number of hydrogen-bond acceptors (Lipinski definition) is 3. The third-order valence-electron chi connectivity index (χ3n) is 3.57. The molecule has 0 fully saturated rings. The molecular formula is C16H17ClN2O2. The van der Waals surface area contributed by atoms with E-state index in [9.17, 15) is 9.90 Å². The van der Waals surface area contributed by atoms with Crippen molar-refractivity contribution in [1.82, 2.24) is 0 Å². The van der Waals surface area contributed by atoms with Gasteiger partial charge < -0.3 is 15.7 Å². The van der Waals surface area contributed by atoms with Gasteiger partial charge >= 0.3 is 5.97 Å². The summed E-state index contributed by atoms with van der Waals surface area (Å²) in [6.07, 6.45) is 0. The van der Waals surface area contributed by atoms with Crippen LogP contribution in [0, 0.1) is 0 Å². The fraction of sp³-hybridized carbons (Fsp3) is 0.188. The fourth-order valence-corrected chi connectivity index (χ4v) is 2.56. The maximum Gasteiger partial charge on any atom is 0.337 e. The van der Waals surface area contributed by atoms with Crippen molar-refractivity contribution in [3.8, 4) is 0 Å². The monoisotopic (exact) mass is 304 g/mol. The van der Waals surface area contributed by atoms with Crippen LogP contribution in [0.2, 0.25) is 5.02 Å². The van der Waals surface area contributed by atoms with E-state index in [0.717, 1.165) is 5.56 Å². The number of nitrogens with zero attached hydrogens (tertiary/aromatic N) is 1. The fourth-order valence-electron chi connectivity index (χ4n) is 2.26. The van der Waals surface area contributed by atoms with Gasteiger partial charge in [0.1, 0.15) is 0 Å². The van der Waals surface area contributed by atoms with Gasteiger partial charge in [0.15, 0.2) is 0 Å². The molecule has 0 saturated carbocycles. The molecule has 5 heteroatoms. The lowest BCUT2D eigenvalue weighted by molar-refractivity contribution is 0.0697. The van der Waals surface area contributed by atoms with E-state index < -0.39 is 5.97 Å². The number of anilines is 2. The highest BCUT2D eigenvalue weighted by molar-refractivity contribution is 6.31. The Kier molecular flexibility index (Phi) is 4.38. The van der Waals surface area contributed by atoms with E-state index in [2.05, 4.69) is 0 Å². The maximum absolute atomic E-state index is 11.4. The quantitative estimate of drug-likeness (QED) is 0.843. The van der Waals surface area contributed by atoms with Crippen molar-refractivity contribution in [2.24, 2.45) is 0 Å². The van der Waals surface area contributed by atoms with Gasteiger partial charge in [0, 0.05) is 17.8 Å². The Hall–Kier alpha value is -2.20. The normalized spacial score (nSPS) is 12.0. The van der Waals surface area contributed by atoms with Crippen molar-refractivity contribution in [2.75, 3.05) is 17.7 Å². The molecule has 110 valence electrons. The minimum Gasteiger partial charge on any atom is -0.478 e. The molecule has 3 N–H and O–H groups in total. The molecule has 0 aliphatic rings. The minimum absolute atomic E-state index is 0.0691. The first kappa shape index (κ1) is 15.2. The molecule has 2 aromatic rings. The molecular weight excluding hydrogens is 288 g/mol. The lowest BCUT2D eigenvalue weighted by Gasteiger charge is -2.29. The van der Waals surface area contributed by atoms with Gasteiger partial charge in [0.25, 0.3) is 0 Å². The minimum atomic E-state index is -1.00. The molecule has 1 unspecified atom stereocenters. The Morgan fingerprint density at radius 2 is 1.95 bits per heavy atom. The summed E-state index contributed by atoms with van der Waals surface area (Å²) in [7, 11) is 1.84. The van der Waals surface area contributed by atoms with Crippen molar-refractivity contribution in [3.05, 3.63) is 58.6 Å². The number of carboxylic acids is 1. The third-order valence-corrected chi connectivity index (χ3v) is 3.91. The Labute approximate surface area is 128 Å². The van der Waals surface area contributed by atoms with Crippen molar-refractivity contribution < 1.29 is 9.90 Å². The lowest BCUT2D eigenvalue weighted by atomic mass is 10.0. The number of hydrogen-bond donors (Lipinski definition) is 2. The molecule has 0 amide bonds. The van der Waals surface area contributed by atoms with Crippen molar-refractivity contribution in [3.63, 3.8) is 0 Å². The Balaban J connectivity index is 2.43. The zero-order valence-corrected chi connectivity index (χ0v) is 12.6. The Bertz CT molecular complexity index is 673. The smallest absolute Gasteiger partial charge is 0.337 e. The van der Waals surface area contributed by atoms with Crippen LogP contribution in [0.15, 0.2) is 42.5 Å². The topological polar surface area (TPSA) is 66.6 Å². The number of benzene rings is 2. The van der Waals surface area contributed by atoms with E-state index in [1.165, 1.54) is 6.07 Å². The number of carbonyl (C=O) groups is 1. The van der Waals surface area contributed by atoms with Gasteiger partial charge in [-0.1, -0.05) is 29.8 Å². The van der Waals surface area contributed by atoms with Gasteiger partial charge in [-0.05, 0) is 36.8 Å². The second kappa shape index (κ2) is 6.06. The maximum atomic E-state index is 11.4. The van der Waals surface area contributed by atoms with Crippen LogP contribution in [0.3, 0.4) is 0 Å². The summed E-state index contributed by atoms with van der Waals surface area (Å²) in [6, 6.07) is 12.3. The average molecular weight is 305 g/mol. The van der Waals surface area contributed by atoms with Crippen LogP contribution in [0.5, 0.6) is 0 Å². The van der Waals surface area contributed by atoms with E-state index in [-0.39, 0.29) is 11.6 Å². The molecule has 0 aliphatic carbocycles. The van der Waals surface area contributed by atoms with Crippen molar-refractivity contribution in [2.45, 2.75) is 13.0 Å².